The molecule has 21 heavy (non-hydrogen) atoms. The summed E-state index contributed by atoms with van der Waals surface area (Å²) in [6.07, 6.45) is 0.861. The monoisotopic (exact) mass is 294 g/mol. The fraction of sp³-hybridized carbons (Fsp3) is 0.500. The number of nitrogens with one attached hydrogen (secondary N) is 1. The normalized spacial score (nSPS) is 10.6. The van der Waals surface area contributed by atoms with Crippen molar-refractivity contribution in [2.24, 2.45) is 5.73 Å². The smallest absolute Gasteiger partial charge is 0.292 e. The van der Waals surface area contributed by atoms with Gasteiger partial charge in [0, 0.05) is 18.2 Å². The Balaban J connectivity index is 2.69. The maximum Gasteiger partial charge on any atom is 0.292 e. The second-order valence-corrected chi connectivity index (χ2v) is 4.66. The molecule has 1 amide bonds. The van der Waals surface area contributed by atoms with Crippen LogP contribution >= 0.6 is 0 Å². The molecule has 116 valence electrons. The Morgan fingerprint density at radius 1 is 1.38 bits per heavy atom. The number of nitro benzene ring substituents is 1. The number of primary amides is 1. The predicted molar refractivity (Wildman–Crippen MR) is 82.5 cm³/mol. The maximum absolute atomic E-state index is 11.1. The summed E-state index contributed by atoms with van der Waals surface area (Å²) >= 11 is 0. The van der Waals surface area contributed by atoms with Crippen LogP contribution in [-0.4, -0.2) is 41.9 Å². The molecule has 0 bridgehead atoms. The lowest BCUT2D eigenvalue weighted by Crippen LogP contribution is -2.25. The van der Waals surface area contributed by atoms with E-state index in [9.17, 15) is 14.9 Å². The van der Waals surface area contributed by atoms with Crippen LogP contribution in [0.4, 0.5) is 11.4 Å². The van der Waals surface area contributed by atoms with Crippen molar-refractivity contribution in [1.82, 2.24) is 4.90 Å². The lowest BCUT2D eigenvalue weighted by molar-refractivity contribution is -0.384. The average Bonchev–Trinajstić information content (AvgIpc) is 2.47. The molecule has 0 radical (unpaired) electrons. The fourth-order valence-corrected chi connectivity index (χ4v) is 2.06. The highest BCUT2D eigenvalue weighted by molar-refractivity contribution is 5.94. The number of carbonyl (C=O) groups is 1. The third kappa shape index (κ3) is 5.03. The number of anilines is 1. The molecule has 7 nitrogen and oxygen atoms in total. The van der Waals surface area contributed by atoms with E-state index in [2.05, 4.69) is 24.1 Å². The zero-order valence-corrected chi connectivity index (χ0v) is 12.5. The summed E-state index contributed by atoms with van der Waals surface area (Å²) in [6, 6.07) is 4.09. The maximum atomic E-state index is 11.1. The van der Waals surface area contributed by atoms with Crippen LogP contribution in [0, 0.1) is 10.1 Å². The molecule has 0 heterocycles. The van der Waals surface area contributed by atoms with Gasteiger partial charge in [0.25, 0.3) is 5.69 Å². The second kappa shape index (κ2) is 8.21. The van der Waals surface area contributed by atoms with E-state index in [-0.39, 0.29) is 11.3 Å². The third-order valence-corrected chi connectivity index (χ3v) is 3.34. The SMILES string of the molecule is CCN(CC)CCCNc1cc(C(N)=O)ccc1[N+](=O)[O-]. The Labute approximate surface area is 124 Å². The molecule has 0 aliphatic carbocycles. The molecule has 0 aliphatic rings. The molecule has 3 N–H and O–H groups in total. The highest BCUT2D eigenvalue weighted by Crippen LogP contribution is 2.25. The minimum atomic E-state index is -0.601. The van der Waals surface area contributed by atoms with Gasteiger partial charge in [-0.15, -0.1) is 0 Å². The molecule has 0 atom stereocenters. The number of rotatable bonds is 9. The topological polar surface area (TPSA) is 102 Å². The summed E-state index contributed by atoms with van der Waals surface area (Å²) in [7, 11) is 0. The zero-order chi connectivity index (χ0) is 15.8. The Morgan fingerprint density at radius 3 is 2.57 bits per heavy atom. The van der Waals surface area contributed by atoms with Gasteiger partial charge in [-0.25, -0.2) is 0 Å². The van der Waals surface area contributed by atoms with Gasteiger partial charge in [0.05, 0.1) is 4.92 Å². The number of hydrogen-bond donors (Lipinski definition) is 2. The summed E-state index contributed by atoms with van der Waals surface area (Å²) in [4.78, 5) is 23.9. The van der Waals surface area contributed by atoms with Crippen molar-refractivity contribution in [3.05, 3.63) is 33.9 Å². The Kier molecular flexibility index (Phi) is 6.61. The van der Waals surface area contributed by atoms with Crippen LogP contribution in [0.2, 0.25) is 0 Å². The first-order valence-electron chi connectivity index (χ1n) is 7.04. The first kappa shape index (κ1) is 16.9. The minimum Gasteiger partial charge on any atom is -0.379 e. The number of carbonyl (C=O) groups excluding carboxylic acids is 1. The van der Waals surface area contributed by atoms with Crippen LogP contribution in [0.5, 0.6) is 0 Å². The summed E-state index contributed by atoms with van der Waals surface area (Å²) in [5.74, 6) is -0.601. The summed E-state index contributed by atoms with van der Waals surface area (Å²) in [6.45, 7) is 7.67. The van der Waals surface area contributed by atoms with Crippen molar-refractivity contribution in [2.75, 3.05) is 31.5 Å². The van der Waals surface area contributed by atoms with Gasteiger partial charge in [-0.1, -0.05) is 13.8 Å². The van der Waals surface area contributed by atoms with E-state index in [4.69, 9.17) is 5.73 Å². The minimum absolute atomic E-state index is 0.0529. The number of nitro groups is 1. The van der Waals surface area contributed by atoms with Crippen molar-refractivity contribution in [2.45, 2.75) is 20.3 Å². The highest BCUT2D eigenvalue weighted by atomic mass is 16.6. The molecule has 0 fully saturated rings. The van der Waals surface area contributed by atoms with Gasteiger partial charge in [-0.05, 0) is 38.2 Å². The summed E-state index contributed by atoms with van der Waals surface area (Å²) in [5.41, 5.74) is 5.73. The molecular weight excluding hydrogens is 272 g/mol. The molecule has 1 aromatic carbocycles. The van der Waals surface area contributed by atoms with E-state index in [1.54, 1.807) is 0 Å². The summed E-state index contributed by atoms with van der Waals surface area (Å²) < 4.78 is 0. The molecule has 0 unspecified atom stereocenters. The van der Waals surface area contributed by atoms with Crippen LogP contribution in [0.1, 0.15) is 30.6 Å². The molecule has 1 aromatic rings. The lowest BCUT2D eigenvalue weighted by Gasteiger charge is -2.18. The van der Waals surface area contributed by atoms with Gasteiger partial charge in [0.1, 0.15) is 5.69 Å². The summed E-state index contributed by atoms with van der Waals surface area (Å²) in [5, 5.41) is 14.0. The van der Waals surface area contributed by atoms with Gasteiger partial charge < -0.3 is 16.0 Å². The first-order valence-corrected chi connectivity index (χ1v) is 7.04. The lowest BCUT2D eigenvalue weighted by atomic mass is 10.1. The zero-order valence-electron chi connectivity index (χ0n) is 12.5. The molecule has 0 aromatic heterocycles. The van der Waals surface area contributed by atoms with Crippen LogP contribution < -0.4 is 11.1 Å². The molecule has 0 saturated heterocycles. The van der Waals surface area contributed by atoms with Crippen LogP contribution in [0.3, 0.4) is 0 Å². The molecule has 0 saturated carbocycles. The fourth-order valence-electron chi connectivity index (χ4n) is 2.06. The van der Waals surface area contributed by atoms with Crippen molar-refractivity contribution in [3.8, 4) is 0 Å². The standard InChI is InChI=1S/C14H22N4O3/c1-3-17(4-2)9-5-8-16-12-10-11(14(15)19)6-7-13(12)18(20)21/h6-7,10,16H,3-5,8-9H2,1-2H3,(H2,15,19). The quantitative estimate of drug-likeness (QED) is 0.411. The number of hydrogen-bond acceptors (Lipinski definition) is 5. The molecule has 0 spiro atoms. The van der Waals surface area contributed by atoms with Gasteiger partial charge >= 0.3 is 0 Å². The van der Waals surface area contributed by atoms with Crippen molar-refractivity contribution < 1.29 is 9.72 Å². The first-order chi connectivity index (χ1) is 9.99. The van der Waals surface area contributed by atoms with Gasteiger partial charge in [0.2, 0.25) is 5.91 Å². The van der Waals surface area contributed by atoms with Crippen molar-refractivity contribution in [3.63, 3.8) is 0 Å². The van der Waals surface area contributed by atoms with E-state index in [1.165, 1.54) is 18.2 Å². The van der Waals surface area contributed by atoms with E-state index in [0.717, 1.165) is 26.1 Å². The number of amides is 1. The van der Waals surface area contributed by atoms with Gasteiger partial charge in [-0.3, -0.25) is 14.9 Å². The molecule has 7 heteroatoms. The Bertz CT molecular complexity index is 501. The largest absolute Gasteiger partial charge is 0.379 e. The Morgan fingerprint density at radius 2 is 2.05 bits per heavy atom. The number of benzene rings is 1. The third-order valence-electron chi connectivity index (χ3n) is 3.34. The van der Waals surface area contributed by atoms with E-state index >= 15 is 0 Å². The molecule has 0 aliphatic heterocycles. The van der Waals surface area contributed by atoms with Crippen LogP contribution in [-0.2, 0) is 0 Å². The number of nitrogens with zero attached hydrogens (tertiary/aromatic N) is 2. The van der Waals surface area contributed by atoms with Crippen molar-refractivity contribution >= 4 is 17.3 Å². The van der Waals surface area contributed by atoms with E-state index < -0.39 is 10.8 Å². The van der Waals surface area contributed by atoms with Gasteiger partial charge in [-0.2, -0.15) is 0 Å². The van der Waals surface area contributed by atoms with Crippen LogP contribution in [0.15, 0.2) is 18.2 Å². The highest BCUT2D eigenvalue weighted by Gasteiger charge is 2.15. The van der Waals surface area contributed by atoms with E-state index in [0.29, 0.717) is 12.2 Å². The molecular formula is C14H22N4O3. The second-order valence-electron chi connectivity index (χ2n) is 4.66. The van der Waals surface area contributed by atoms with E-state index in [1.807, 2.05) is 0 Å². The van der Waals surface area contributed by atoms with Gasteiger partial charge in [0.15, 0.2) is 0 Å². The predicted octanol–water partition coefficient (Wildman–Crippen LogP) is 1.84. The van der Waals surface area contributed by atoms with Crippen molar-refractivity contribution in [1.29, 1.82) is 0 Å². The molecule has 1 rings (SSSR count). The average molecular weight is 294 g/mol. The number of nitrogens with two attached hydrogens (primary N) is 1. The Hall–Kier alpha value is -2.15. The van der Waals surface area contributed by atoms with Crippen LogP contribution in [0.25, 0.3) is 0 Å².